The van der Waals surface area contributed by atoms with Gasteiger partial charge in [0.2, 0.25) is 0 Å². The molecular weight excluding hydrogens is 342 g/mol. The highest BCUT2D eigenvalue weighted by atomic mass is 16.5. The van der Waals surface area contributed by atoms with Gasteiger partial charge in [-0.1, -0.05) is 45.9 Å². The molecule has 3 atom stereocenters. The molecule has 0 radical (unpaired) electrons. The Morgan fingerprint density at radius 2 is 1.89 bits per heavy atom. The monoisotopic (exact) mass is 377 g/mol. The number of ether oxygens (including phenoxy) is 3. The Labute approximate surface area is 163 Å². The summed E-state index contributed by atoms with van der Waals surface area (Å²) in [6.07, 6.45) is 2.61. The SMILES string of the molecule is C=CCC(OC(=O)[C@H](N)CC(C)(C)C)C(C)COCc1ccc(OC)cc1. The number of benzene rings is 1. The predicted molar refractivity (Wildman–Crippen MR) is 109 cm³/mol. The number of rotatable bonds is 11. The molecule has 0 bridgehead atoms. The second-order valence-corrected chi connectivity index (χ2v) is 8.21. The van der Waals surface area contributed by atoms with Crippen molar-refractivity contribution in [1.29, 1.82) is 0 Å². The number of hydrogen-bond acceptors (Lipinski definition) is 5. The molecule has 1 aromatic rings. The van der Waals surface area contributed by atoms with Gasteiger partial charge in [-0.25, -0.2) is 0 Å². The van der Waals surface area contributed by atoms with Crippen molar-refractivity contribution in [1.82, 2.24) is 0 Å². The molecule has 0 saturated heterocycles. The van der Waals surface area contributed by atoms with Crippen LogP contribution in [-0.2, 0) is 20.9 Å². The third-order valence-corrected chi connectivity index (χ3v) is 4.24. The Kier molecular flexibility index (Phi) is 9.53. The topological polar surface area (TPSA) is 70.8 Å². The van der Waals surface area contributed by atoms with Crippen molar-refractivity contribution in [2.24, 2.45) is 17.1 Å². The van der Waals surface area contributed by atoms with Crippen molar-refractivity contribution in [3.8, 4) is 5.75 Å². The molecule has 2 N–H and O–H groups in total. The standard InChI is InChI=1S/C22H35NO4/c1-7-8-20(27-21(24)19(23)13-22(3,4)5)16(2)14-26-15-17-9-11-18(25-6)12-10-17/h7,9-12,16,19-20H,1,8,13-15,23H2,2-6H3/t16?,19-,20?/m1/s1. The minimum Gasteiger partial charge on any atom is -0.497 e. The van der Waals surface area contributed by atoms with E-state index in [9.17, 15) is 4.79 Å². The van der Waals surface area contributed by atoms with Gasteiger partial charge in [0, 0.05) is 12.3 Å². The Hall–Kier alpha value is -1.85. The molecule has 27 heavy (non-hydrogen) atoms. The van der Waals surface area contributed by atoms with Gasteiger partial charge in [0.1, 0.15) is 17.9 Å². The van der Waals surface area contributed by atoms with Crippen molar-refractivity contribution in [2.45, 2.75) is 59.3 Å². The Balaban J connectivity index is 2.52. The zero-order chi connectivity index (χ0) is 20.4. The molecule has 2 unspecified atom stereocenters. The van der Waals surface area contributed by atoms with E-state index in [1.807, 2.05) is 31.2 Å². The normalized spacial score (nSPS) is 14.9. The molecule has 0 aliphatic heterocycles. The molecule has 0 saturated carbocycles. The average Bonchev–Trinajstić information content (AvgIpc) is 2.60. The van der Waals surface area contributed by atoms with E-state index in [1.54, 1.807) is 13.2 Å². The first-order chi connectivity index (χ1) is 12.7. The summed E-state index contributed by atoms with van der Waals surface area (Å²) < 4.78 is 16.6. The Morgan fingerprint density at radius 1 is 1.26 bits per heavy atom. The summed E-state index contributed by atoms with van der Waals surface area (Å²) in [6, 6.07) is 7.12. The summed E-state index contributed by atoms with van der Waals surface area (Å²) in [5.41, 5.74) is 7.04. The maximum Gasteiger partial charge on any atom is 0.323 e. The van der Waals surface area contributed by atoms with Gasteiger partial charge >= 0.3 is 5.97 Å². The van der Waals surface area contributed by atoms with E-state index in [-0.39, 0.29) is 23.4 Å². The summed E-state index contributed by atoms with van der Waals surface area (Å²) >= 11 is 0. The first-order valence-electron chi connectivity index (χ1n) is 9.44. The lowest BCUT2D eigenvalue weighted by atomic mass is 9.88. The van der Waals surface area contributed by atoms with Gasteiger partial charge in [-0.3, -0.25) is 4.79 Å². The smallest absolute Gasteiger partial charge is 0.323 e. The van der Waals surface area contributed by atoms with Gasteiger partial charge in [0.15, 0.2) is 0 Å². The van der Waals surface area contributed by atoms with Crippen LogP contribution in [0, 0.1) is 11.3 Å². The molecule has 0 aromatic heterocycles. The fourth-order valence-corrected chi connectivity index (χ4v) is 2.73. The van der Waals surface area contributed by atoms with Crippen molar-refractivity contribution in [2.75, 3.05) is 13.7 Å². The van der Waals surface area contributed by atoms with E-state index >= 15 is 0 Å². The summed E-state index contributed by atoms with van der Waals surface area (Å²) in [5, 5.41) is 0. The van der Waals surface area contributed by atoms with Gasteiger partial charge in [0.05, 0.1) is 20.3 Å². The molecule has 1 aromatic carbocycles. The lowest BCUT2D eigenvalue weighted by molar-refractivity contribution is -0.155. The van der Waals surface area contributed by atoms with Crippen molar-refractivity contribution in [3.63, 3.8) is 0 Å². The minimum atomic E-state index is -0.621. The predicted octanol–water partition coefficient (Wildman–Crippen LogP) is 4.10. The molecule has 0 heterocycles. The zero-order valence-electron chi connectivity index (χ0n) is 17.4. The van der Waals surface area contributed by atoms with E-state index in [4.69, 9.17) is 19.9 Å². The number of carbonyl (C=O) groups is 1. The number of carbonyl (C=O) groups excluding carboxylic acids is 1. The Morgan fingerprint density at radius 3 is 2.41 bits per heavy atom. The van der Waals surface area contributed by atoms with Gasteiger partial charge in [0.25, 0.3) is 0 Å². The van der Waals surface area contributed by atoms with E-state index < -0.39 is 6.04 Å². The third-order valence-electron chi connectivity index (χ3n) is 4.24. The molecule has 152 valence electrons. The highest BCUT2D eigenvalue weighted by Gasteiger charge is 2.27. The van der Waals surface area contributed by atoms with E-state index in [0.717, 1.165) is 11.3 Å². The van der Waals surface area contributed by atoms with Crippen molar-refractivity contribution in [3.05, 3.63) is 42.5 Å². The van der Waals surface area contributed by atoms with E-state index in [1.165, 1.54) is 0 Å². The molecule has 1 rings (SSSR count). The lowest BCUT2D eigenvalue weighted by Gasteiger charge is -2.27. The highest BCUT2D eigenvalue weighted by molar-refractivity contribution is 5.75. The number of nitrogens with two attached hydrogens (primary N) is 1. The van der Waals surface area contributed by atoms with Crippen LogP contribution in [0.2, 0.25) is 0 Å². The first kappa shape index (κ1) is 23.2. The van der Waals surface area contributed by atoms with Crippen molar-refractivity contribution >= 4 is 5.97 Å². The van der Waals surface area contributed by atoms with Crippen LogP contribution in [0.3, 0.4) is 0 Å². The molecule has 5 nitrogen and oxygen atoms in total. The van der Waals surface area contributed by atoms with Crippen LogP contribution in [-0.4, -0.2) is 31.8 Å². The van der Waals surface area contributed by atoms with Crippen LogP contribution in [0.15, 0.2) is 36.9 Å². The van der Waals surface area contributed by atoms with Crippen LogP contribution < -0.4 is 10.5 Å². The second-order valence-electron chi connectivity index (χ2n) is 8.21. The number of methoxy groups -OCH3 is 1. The zero-order valence-corrected chi connectivity index (χ0v) is 17.4. The van der Waals surface area contributed by atoms with Gasteiger partial charge in [-0.05, 0) is 29.5 Å². The largest absolute Gasteiger partial charge is 0.497 e. The molecular formula is C22H35NO4. The van der Waals surface area contributed by atoms with Crippen LogP contribution in [0.5, 0.6) is 5.75 Å². The summed E-state index contributed by atoms with van der Waals surface area (Å²) in [5.74, 6) is 0.488. The van der Waals surface area contributed by atoms with Crippen LogP contribution in [0.25, 0.3) is 0 Å². The minimum absolute atomic E-state index is 0.0283. The fourth-order valence-electron chi connectivity index (χ4n) is 2.73. The van der Waals surface area contributed by atoms with Gasteiger partial charge in [-0.15, -0.1) is 6.58 Å². The first-order valence-corrected chi connectivity index (χ1v) is 9.44. The van der Waals surface area contributed by atoms with E-state index in [2.05, 4.69) is 27.4 Å². The highest BCUT2D eigenvalue weighted by Crippen LogP contribution is 2.22. The van der Waals surface area contributed by atoms with Crippen molar-refractivity contribution < 1.29 is 19.0 Å². The van der Waals surface area contributed by atoms with Gasteiger partial charge in [-0.2, -0.15) is 0 Å². The van der Waals surface area contributed by atoms with Crippen LogP contribution in [0.1, 0.15) is 46.1 Å². The quantitative estimate of drug-likeness (QED) is 0.464. The maximum absolute atomic E-state index is 12.3. The van der Waals surface area contributed by atoms with Gasteiger partial charge < -0.3 is 19.9 Å². The molecule has 0 aliphatic carbocycles. The summed E-state index contributed by atoms with van der Waals surface area (Å²) in [7, 11) is 1.64. The average molecular weight is 378 g/mol. The second kappa shape index (κ2) is 11.1. The third kappa shape index (κ3) is 9.07. The lowest BCUT2D eigenvalue weighted by Crippen LogP contribution is -2.39. The molecule has 0 spiro atoms. The van der Waals surface area contributed by atoms with Crippen LogP contribution in [0.4, 0.5) is 0 Å². The number of hydrogen-bond donors (Lipinski definition) is 1. The molecule has 0 amide bonds. The fraction of sp³-hybridized carbons (Fsp3) is 0.591. The maximum atomic E-state index is 12.3. The molecule has 0 aliphatic rings. The number of esters is 1. The Bertz CT molecular complexity index is 577. The molecule has 5 heteroatoms. The summed E-state index contributed by atoms with van der Waals surface area (Å²) in [4.78, 5) is 12.3. The molecule has 0 fully saturated rings. The van der Waals surface area contributed by atoms with Crippen LogP contribution >= 0.6 is 0 Å². The van der Waals surface area contributed by atoms with E-state index in [0.29, 0.717) is 26.1 Å². The summed E-state index contributed by atoms with van der Waals surface area (Å²) in [6.45, 7) is 12.9.